The second kappa shape index (κ2) is 8.99. The minimum atomic E-state index is -3.13. The molecular formula is C19H21N3O6S. The van der Waals surface area contributed by atoms with Gasteiger partial charge in [0, 0.05) is 25.0 Å². The van der Waals surface area contributed by atoms with Crippen LogP contribution in [-0.4, -0.2) is 65.9 Å². The molecule has 0 N–H and O–H groups in total. The molecule has 9 nitrogen and oxygen atoms in total. The standard InChI is InChI=1S/C19H21N3O6S/c1-2-22(14-7-10-29(25,26)13-14)17(23)12-27-19(24)16-6-4-9-21-18(16)28-15-5-3-8-20-11-15/h3-6,8-9,11,14H,2,7,10,12-13H2,1H3. The van der Waals surface area contributed by atoms with Gasteiger partial charge in [-0.2, -0.15) is 0 Å². The van der Waals surface area contributed by atoms with Gasteiger partial charge in [0.1, 0.15) is 11.3 Å². The van der Waals surface area contributed by atoms with Crippen molar-refractivity contribution in [1.82, 2.24) is 14.9 Å². The second-order valence-electron chi connectivity index (χ2n) is 6.46. The SMILES string of the molecule is CCN(C(=O)COC(=O)c1cccnc1Oc1cccnc1)C1CCS(=O)(=O)C1. The number of carbonyl (C=O) groups is 2. The van der Waals surface area contributed by atoms with Crippen LogP contribution in [0.5, 0.6) is 11.6 Å². The molecule has 3 heterocycles. The molecule has 0 bridgehead atoms. The molecule has 1 aliphatic rings. The first-order valence-corrected chi connectivity index (χ1v) is 10.9. The van der Waals surface area contributed by atoms with Gasteiger partial charge in [-0.15, -0.1) is 0 Å². The lowest BCUT2D eigenvalue weighted by molar-refractivity contribution is -0.136. The molecular weight excluding hydrogens is 398 g/mol. The molecule has 1 unspecified atom stereocenters. The van der Waals surface area contributed by atoms with Gasteiger partial charge in [-0.1, -0.05) is 0 Å². The van der Waals surface area contributed by atoms with Crippen molar-refractivity contribution in [2.75, 3.05) is 24.7 Å². The number of sulfone groups is 1. The largest absolute Gasteiger partial charge is 0.452 e. The van der Waals surface area contributed by atoms with Crippen molar-refractivity contribution in [3.8, 4) is 11.6 Å². The van der Waals surface area contributed by atoms with E-state index in [1.807, 2.05) is 0 Å². The van der Waals surface area contributed by atoms with Crippen LogP contribution in [0, 0.1) is 0 Å². The number of nitrogens with zero attached hydrogens (tertiary/aromatic N) is 3. The van der Waals surface area contributed by atoms with E-state index in [-0.39, 0.29) is 29.0 Å². The van der Waals surface area contributed by atoms with E-state index in [1.54, 1.807) is 31.3 Å². The normalized spacial score (nSPS) is 17.5. The minimum Gasteiger partial charge on any atom is -0.452 e. The molecule has 2 aromatic heterocycles. The smallest absolute Gasteiger partial charge is 0.344 e. The zero-order valence-electron chi connectivity index (χ0n) is 15.9. The Morgan fingerprint density at radius 2 is 2.03 bits per heavy atom. The van der Waals surface area contributed by atoms with Gasteiger partial charge in [-0.25, -0.2) is 18.2 Å². The van der Waals surface area contributed by atoms with E-state index in [2.05, 4.69) is 9.97 Å². The van der Waals surface area contributed by atoms with E-state index in [0.717, 1.165) is 0 Å². The Hall–Kier alpha value is -3.01. The molecule has 10 heteroatoms. The third kappa shape index (κ3) is 5.29. The topological polar surface area (TPSA) is 116 Å². The van der Waals surface area contributed by atoms with Crippen LogP contribution in [0.15, 0.2) is 42.9 Å². The molecule has 0 aromatic carbocycles. The Morgan fingerprint density at radius 1 is 1.24 bits per heavy atom. The number of hydrogen-bond acceptors (Lipinski definition) is 8. The van der Waals surface area contributed by atoms with Crippen LogP contribution >= 0.6 is 0 Å². The fourth-order valence-electron chi connectivity index (χ4n) is 3.09. The van der Waals surface area contributed by atoms with Gasteiger partial charge in [-0.05, 0) is 37.6 Å². The minimum absolute atomic E-state index is 0.0344. The molecule has 1 aliphatic heterocycles. The lowest BCUT2D eigenvalue weighted by atomic mass is 10.2. The molecule has 1 fully saturated rings. The summed E-state index contributed by atoms with van der Waals surface area (Å²) in [4.78, 5) is 34.4. The summed E-state index contributed by atoms with van der Waals surface area (Å²) in [7, 11) is -3.13. The van der Waals surface area contributed by atoms with Gasteiger partial charge in [0.15, 0.2) is 16.4 Å². The molecule has 0 saturated carbocycles. The van der Waals surface area contributed by atoms with E-state index in [1.165, 1.54) is 23.4 Å². The Kier molecular flexibility index (Phi) is 6.42. The third-order valence-electron chi connectivity index (χ3n) is 4.48. The van der Waals surface area contributed by atoms with Gasteiger partial charge < -0.3 is 14.4 Å². The predicted octanol–water partition coefficient (Wildman–Crippen LogP) is 1.46. The summed E-state index contributed by atoms with van der Waals surface area (Å²) in [6.07, 6.45) is 4.91. The molecule has 1 saturated heterocycles. The molecule has 1 atom stereocenters. The first-order valence-electron chi connectivity index (χ1n) is 9.09. The van der Waals surface area contributed by atoms with E-state index in [0.29, 0.717) is 18.7 Å². The Balaban J connectivity index is 1.64. The molecule has 0 radical (unpaired) electrons. The fraction of sp³-hybridized carbons (Fsp3) is 0.368. The number of esters is 1. The quantitative estimate of drug-likeness (QED) is 0.620. The zero-order chi connectivity index (χ0) is 20.9. The molecule has 154 valence electrons. The van der Waals surface area contributed by atoms with E-state index in [4.69, 9.17) is 9.47 Å². The highest BCUT2D eigenvalue weighted by molar-refractivity contribution is 7.91. The van der Waals surface area contributed by atoms with Crippen LogP contribution in [0.2, 0.25) is 0 Å². The number of rotatable bonds is 7. The lowest BCUT2D eigenvalue weighted by Crippen LogP contribution is -2.43. The highest BCUT2D eigenvalue weighted by Crippen LogP contribution is 2.23. The monoisotopic (exact) mass is 419 g/mol. The maximum absolute atomic E-state index is 12.5. The number of likely N-dealkylation sites (N-methyl/N-ethyl adjacent to an activating group) is 1. The predicted molar refractivity (Wildman–Crippen MR) is 103 cm³/mol. The fourth-order valence-corrected chi connectivity index (χ4v) is 4.82. The summed E-state index contributed by atoms with van der Waals surface area (Å²) < 4.78 is 34.1. The summed E-state index contributed by atoms with van der Waals surface area (Å²) in [6.45, 7) is 1.59. The summed E-state index contributed by atoms with van der Waals surface area (Å²) in [5, 5.41) is 0. The van der Waals surface area contributed by atoms with Gasteiger partial charge in [0.2, 0.25) is 5.88 Å². The third-order valence-corrected chi connectivity index (χ3v) is 6.23. The maximum atomic E-state index is 12.5. The molecule has 29 heavy (non-hydrogen) atoms. The number of hydrogen-bond donors (Lipinski definition) is 0. The van der Waals surface area contributed by atoms with Crippen LogP contribution in [-0.2, 0) is 19.4 Å². The van der Waals surface area contributed by atoms with Crippen LogP contribution in [0.1, 0.15) is 23.7 Å². The van der Waals surface area contributed by atoms with Crippen LogP contribution in [0.4, 0.5) is 0 Å². The van der Waals surface area contributed by atoms with Crippen molar-refractivity contribution < 1.29 is 27.5 Å². The van der Waals surface area contributed by atoms with Gasteiger partial charge in [-0.3, -0.25) is 9.78 Å². The van der Waals surface area contributed by atoms with Gasteiger partial charge in [0.05, 0.1) is 17.7 Å². The lowest BCUT2D eigenvalue weighted by Gasteiger charge is -2.26. The van der Waals surface area contributed by atoms with Crippen LogP contribution in [0.25, 0.3) is 0 Å². The first kappa shape index (κ1) is 20.7. The summed E-state index contributed by atoms with van der Waals surface area (Å²) >= 11 is 0. The molecule has 0 spiro atoms. The van der Waals surface area contributed by atoms with E-state index >= 15 is 0 Å². The van der Waals surface area contributed by atoms with Crippen molar-refractivity contribution in [3.05, 3.63) is 48.4 Å². The van der Waals surface area contributed by atoms with E-state index in [9.17, 15) is 18.0 Å². The van der Waals surface area contributed by atoms with Crippen molar-refractivity contribution in [3.63, 3.8) is 0 Å². The van der Waals surface area contributed by atoms with Gasteiger partial charge >= 0.3 is 5.97 Å². The Bertz CT molecular complexity index is 980. The average Bonchev–Trinajstić information content (AvgIpc) is 3.07. The number of amides is 1. The first-order chi connectivity index (χ1) is 13.9. The second-order valence-corrected chi connectivity index (χ2v) is 8.69. The Labute approximate surface area is 168 Å². The maximum Gasteiger partial charge on any atom is 0.344 e. The highest BCUT2D eigenvalue weighted by atomic mass is 32.2. The number of aromatic nitrogens is 2. The summed E-state index contributed by atoms with van der Waals surface area (Å²) in [6, 6.07) is 5.98. The molecule has 2 aromatic rings. The summed E-state index contributed by atoms with van der Waals surface area (Å²) in [5.74, 6) is -0.775. The molecule has 0 aliphatic carbocycles. The van der Waals surface area contributed by atoms with Crippen molar-refractivity contribution >= 4 is 21.7 Å². The number of ether oxygens (including phenoxy) is 2. The average molecular weight is 419 g/mol. The van der Waals surface area contributed by atoms with E-state index < -0.39 is 28.3 Å². The van der Waals surface area contributed by atoms with Crippen molar-refractivity contribution in [2.45, 2.75) is 19.4 Å². The number of pyridine rings is 2. The van der Waals surface area contributed by atoms with Gasteiger partial charge in [0.25, 0.3) is 5.91 Å². The highest BCUT2D eigenvalue weighted by Gasteiger charge is 2.34. The van der Waals surface area contributed by atoms with Crippen molar-refractivity contribution in [1.29, 1.82) is 0 Å². The molecule has 3 rings (SSSR count). The summed E-state index contributed by atoms with van der Waals surface area (Å²) in [5.41, 5.74) is 0.0654. The number of carbonyl (C=O) groups excluding carboxylic acids is 2. The Morgan fingerprint density at radius 3 is 2.69 bits per heavy atom. The zero-order valence-corrected chi connectivity index (χ0v) is 16.7. The van der Waals surface area contributed by atoms with Crippen LogP contribution < -0.4 is 4.74 Å². The van der Waals surface area contributed by atoms with Crippen molar-refractivity contribution in [2.24, 2.45) is 0 Å². The van der Waals surface area contributed by atoms with Crippen LogP contribution in [0.3, 0.4) is 0 Å². The molecule has 1 amide bonds.